The fourth-order valence-electron chi connectivity index (χ4n) is 2.11. The van der Waals surface area contributed by atoms with Crippen LogP contribution in [0.4, 0.5) is 0 Å². The van der Waals surface area contributed by atoms with Crippen molar-refractivity contribution in [3.8, 4) is 0 Å². The second kappa shape index (κ2) is 3.93. The van der Waals surface area contributed by atoms with E-state index in [1.165, 1.54) is 24.9 Å². The summed E-state index contributed by atoms with van der Waals surface area (Å²) in [4.78, 5) is 0. The summed E-state index contributed by atoms with van der Waals surface area (Å²) in [5.74, 6) is 0.836. The van der Waals surface area contributed by atoms with Crippen molar-refractivity contribution in [3.05, 3.63) is 35.9 Å². The number of hydrogen-bond acceptors (Lipinski definition) is 1. The van der Waals surface area contributed by atoms with E-state index in [-0.39, 0.29) is 0 Å². The number of benzene rings is 1. The Balaban J connectivity index is 1.98. The van der Waals surface area contributed by atoms with Crippen molar-refractivity contribution in [1.29, 1.82) is 0 Å². The smallest absolute Gasteiger partial charge is 0.00706 e. The molecule has 1 fully saturated rings. The Morgan fingerprint density at radius 3 is 2.69 bits per heavy atom. The van der Waals surface area contributed by atoms with Gasteiger partial charge in [-0.05, 0) is 37.8 Å². The summed E-state index contributed by atoms with van der Waals surface area (Å²) < 4.78 is 0. The van der Waals surface area contributed by atoms with E-state index in [2.05, 4.69) is 42.6 Å². The molecule has 0 saturated carbocycles. The molecule has 2 atom stereocenters. The molecule has 1 heterocycles. The van der Waals surface area contributed by atoms with Gasteiger partial charge in [0.05, 0.1) is 0 Å². The minimum Gasteiger partial charge on any atom is -0.314 e. The molecule has 0 amide bonds. The van der Waals surface area contributed by atoms with Crippen LogP contribution in [-0.2, 0) is 6.42 Å². The lowest BCUT2D eigenvalue weighted by atomic mass is 9.94. The first kappa shape index (κ1) is 8.76. The molecule has 0 aliphatic carbocycles. The molecule has 70 valence electrons. The molecule has 0 radical (unpaired) electrons. The fourth-order valence-corrected chi connectivity index (χ4v) is 2.11. The van der Waals surface area contributed by atoms with Crippen LogP contribution < -0.4 is 5.32 Å². The van der Waals surface area contributed by atoms with E-state index in [4.69, 9.17) is 0 Å². The topological polar surface area (TPSA) is 12.0 Å². The van der Waals surface area contributed by atoms with Gasteiger partial charge in [0.25, 0.3) is 0 Å². The lowest BCUT2D eigenvalue weighted by Crippen LogP contribution is -2.23. The van der Waals surface area contributed by atoms with Crippen molar-refractivity contribution in [2.45, 2.75) is 25.8 Å². The highest BCUT2D eigenvalue weighted by atomic mass is 14.9. The van der Waals surface area contributed by atoms with Crippen LogP contribution in [0, 0.1) is 5.92 Å². The molecule has 1 saturated heterocycles. The Hall–Kier alpha value is -0.820. The van der Waals surface area contributed by atoms with Crippen LogP contribution in [0.2, 0.25) is 0 Å². The van der Waals surface area contributed by atoms with Gasteiger partial charge < -0.3 is 5.32 Å². The highest BCUT2D eigenvalue weighted by molar-refractivity contribution is 5.15. The zero-order chi connectivity index (χ0) is 9.10. The molecule has 1 N–H and O–H groups in total. The summed E-state index contributed by atoms with van der Waals surface area (Å²) in [5, 5.41) is 3.49. The molecule has 1 aliphatic rings. The van der Waals surface area contributed by atoms with Gasteiger partial charge in [-0.2, -0.15) is 0 Å². The van der Waals surface area contributed by atoms with Crippen LogP contribution in [0.1, 0.15) is 18.9 Å². The second-order valence-corrected chi connectivity index (χ2v) is 3.98. The largest absolute Gasteiger partial charge is 0.314 e. The summed E-state index contributed by atoms with van der Waals surface area (Å²) in [6, 6.07) is 11.5. The molecule has 13 heavy (non-hydrogen) atoms. The third kappa shape index (κ3) is 2.10. The van der Waals surface area contributed by atoms with Crippen molar-refractivity contribution in [3.63, 3.8) is 0 Å². The van der Waals surface area contributed by atoms with Crippen LogP contribution >= 0.6 is 0 Å². The number of nitrogens with one attached hydrogen (secondary N) is 1. The maximum Gasteiger partial charge on any atom is 0.00706 e. The molecule has 0 bridgehead atoms. The minimum atomic E-state index is 0.695. The SMILES string of the molecule is C[C@H]1NCC[C@H]1Cc1ccccc1. The van der Waals surface area contributed by atoms with Gasteiger partial charge in [-0.15, -0.1) is 0 Å². The zero-order valence-corrected chi connectivity index (χ0v) is 8.16. The van der Waals surface area contributed by atoms with Crippen LogP contribution in [0.3, 0.4) is 0 Å². The molecule has 0 unspecified atom stereocenters. The molecule has 1 aliphatic heterocycles. The minimum absolute atomic E-state index is 0.695. The van der Waals surface area contributed by atoms with Gasteiger partial charge in [-0.3, -0.25) is 0 Å². The molecule has 2 rings (SSSR count). The van der Waals surface area contributed by atoms with Crippen molar-refractivity contribution in [2.24, 2.45) is 5.92 Å². The van der Waals surface area contributed by atoms with Crippen molar-refractivity contribution in [1.82, 2.24) is 5.32 Å². The second-order valence-electron chi connectivity index (χ2n) is 3.98. The zero-order valence-electron chi connectivity index (χ0n) is 8.16. The average Bonchev–Trinajstić information content (AvgIpc) is 2.54. The lowest BCUT2D eigenvalue weighted by Gasteiger charge is -2.14. The summed E-state index contributed by atoms with van der Waals surface area (Å²) >= 11 is 0. The first-order valence-corrected chi connectivity index (χ1v) is 5.13. The summed E-state index contributed by atoms with van der Waals surface area (Å²) in [6.45, 7) is 3.49. The van der Waals surface area contributed by atoms with E-state index in [0.717, 1.165) is 5.92 Å². The third-order valence-electron chi connectivity index (χ3n) is 3.03. The molecular weight excluding hydrogens is 158 g/mol. The van der Waals surface area contributed by atoms with Gasteiger partial charge in [-0.25, -0.2) is 0 Å². The summed E-state index contributed by atoms with van der Waals surface area (Å²) in [5.41, 5.74) is 1.48. The molecular formula is C12H17N. The molecule has 0 aromatic heterocycles. The average molecular weight is 175 g/mol. The molecule has 1 heteroatoms. The van der Waals surface area contributed by atoms with Gasteiger partial charge in [0.2, 0.25) is 0 Å². The van der Waals surface area contributed by atoms with Crippen molar-refractivity contribution >= 4 is 0 Å². The normalized spacial score (nSPS) is 27.8. The van der Waals surface area contributed by atoms with Crippen LogP contribution in [0.5, 0.6) is 0 Å². The van der Waals surface area contributed by atoms with E-state index < -0.39 is 0 Å². The third-order valence-corrected chi connectivity index (χ3v) is 3.03. The van der Waals surface area contributed by atoms with E-state index in [0.29, 0.717) is 6.04 Å². The van der Waals surface area contributed by atoms with Crippen molar-refractivity contribution < 1.29 is 0 Å². The fraction of sp³-hybridized carbons (Fsp3) is 0.500. The summed E-state index contributed by atoms with van der Waals surface area (Å²) in [7, 11) is 0. The molecule has 1 nitrogen and oxygen atoms in total. The van der Waals surface area contributed by atoms with Gasteiger partial charge in [-0.1, -0.05) is 30.3 Å². The number of hydrogen-bond donors (Lipinski definition) is 1. The van der Waals surface area contributed by atoms with E-state index in [9.17, 15) is 0 Å². The predicted molar refractivity (Wildman–Crippen MR) is 55.7 cm³/mol. The number of rotatable bonds is 2. The van der Waals surface area contributed by atoms with E-state index in [1.807, 2.05) is 0 Å². The lowest BCUT2D eigenvalue weighted by molar-refractivity contribution is 0.474. The first-order valence-electron chi connectivity index (χ1n) is 5.13. The van der Waals surface area contributed by atoms with E-state index in [1.54, 1.807) is 0 Å². The van der Waals surface area contributed by atoms with Gasteiger partial charge in [0, 0.05) is 6.04 Å². The Kier molecular flexibility index (Phi) is 2.65. The van der Waals surface area contributed by atoms with Gasteiger partial charge >= 0.3 is 0 Å². The maximum atomic E-state index is 3.49. The van der Waals surface area contributed by atoms with Crippen LogP contribution in [-0.4, -0.2) is 12.6 Å². The molecule has 1 aromatic carbocycles. The molecule has 0 spiro atoms. The van der Waals surface area contributed by atoms with E-state index >= 15 is 0 Å². The highest BCUT2D eigenvalue weighted by Gasteiger charge is 2.22. The van der Waals surface area contributed by atoms with Crippen LogP contribution in [0.25, 0.3) is 0 Å². The summed E-state index contributed by atoms with van der Waals surface area (Å²) in [6.07, 6.45) is 2.56. The predicted octanol–water partition coefficient (Wildman–Crippen LogP) is 2.23. The maximum absolute atomic E-state index is 3.49. The Morgan fingerprint density at radius 1 is 1.31 bits per heavy atom. The quantitative estimate of drug-likeness (QED) is 0.726. The first-order chi connectivity index (χ1) is 6.36. The monoisotopic (exact) mass is 175 g/mol. The Morgan fingerprint density at radius 2 is 2.08 bits per heavy atom. The standard InChI is InChI=1S/C12H17N/c1-10-12(7-8-13-10)9-11-5-3-2-4-6-11/h2-6,10,12-13H,7-9H2,1H3/t10-,12+/m1/s1. The molecule has 1 aromatic rings. The Labute approximate surface area is 80.2 Å². The van der Waals surface area contributed by atoms with Crippen LogP contribution in [0.15, 0.2) is 30.3 Å². The van der Waals surface area contributed by atoms with Gasteiger partial charge in [0.15, 0.2) is 0 Å². The Bertz CT molecular complexity index is 255. The highest BCUT2D eigenvalue weighted by Crippen LogP contribution is 2.19. The van der Waals surface area contributed by atoms with Crippen molar-refractivity contribution in [2.75, 3.05) is 6.54 Å². The van der Waals surface area contributed by atoms with Gasteiger partial charge in [0.1, 0.15) is 0 Å².